The van der Waals surface area contributed by atoms with Crippen LogP contribution in [0.15, 0.2) is 24.3 Å². The summed E-state index contributed by atoms with van der Waals surface area (Å²) < 4.78 is 1.25. The van der Waals surface area contributed by atoms with Crippen molar-refractivity contribution in [3.8, 4) is 0 Å². The average molecular weight is 247 g/mol. The molecule has 2 N–H and O–H groups in total. The SMILES string of the molecule is C[C@H](N)c1ccccc1I. The van der Waals surface area contributed by atoms with Crippen LogP contribution in [-0.2, 0) is 0 Å². The van der Waals surface area contributed by atoms with E-state index in [1.807, 2.05) is 19.1 Å². The predicted molar refractivity (Wildman–Crippen MR) is 51.8 cm³/mol. The summed E-state index contributed by atoms with van der Waals surface area (Å²) in [4.78, 5) is 0. The van der Waals surface area contributed by atoms with E-state index in [0.717, 1.165) is 0 Å². The Labute approximate surface area is 74.8 Å². The van der Waals surface area contributed by atoms with Crippen molar-refractivity contribution in [3.05, 3.63) is 33.4 Å². The van der Waals surface area contributed by atoms with Crippen LogP contribution in [0, 0.1) is 3.57 Å². The van der Waals surface area contributed by atoms with Crippen molar-refractivity contribution in [2.75, 3.05) is 0 Å². The monoisotopic (exact) mass is 247 g/mol. The highest BCUT2D eigenvalue weighted by Crippen LogP contribution is 2.16. The second-order valence-corrected chi connectivity index (χ2v) is 3.47. The largest absolute Gasteiger partial charge is 0.324 e. The summed E-state index contributed by atoms with van der Waals surface area (Å²) in [6.07, 6.45) is 0. The van der Waals surface area contributed by atoms with Gasteiger partial charge in [-0.1, -0.05) is 18.2 Å². The fourth-order valence-electron chi connectivity index (χ4n) is 0.844. The van der Waals surface area contributed by atoms with Gasteiger partial charge in [0.05, 0.1) is 0 Å². The number of benzene rings is 1. The molecule has 0 spiro atoms. The fraction of sp³-hybridized carbons (Fsp3) is 0.250. The first-order valence-corrected chi connectivity index (χ1v) is 4.29. The van der Waals surface area contributed by atoms with Crippen molar-refractivity contribution in [2.24, 2.45) is 5.73 Å². The molecule has 1 nitrogen and oxygen atoms in total. The van der Waals surface area contributed by atoms with Crippen LogP contribution in [0.5, 0.6) is 0 Å². The van der Waals surface area contributed by atoms with Gasteiger partial charge in [0.25, 0.3) is 0 Å². The fourth-order valence-corrected chi connectivity index (χ4v) is 1.72. The number of halogens is 1. The summed E-state index contributed by atoms with van der Waals surface area (Å²) in [6.45, 7) is 2.00. The third-order valence-corrected chi connectivity index (χ3v) is 2.38. The highest BCUT2D eigenvalue weighted by Gasteiger charge is 2.01. The molecule has 10 heavy (non-hydrogen) atoms. The van der Waals surface area contributed by atoms with Gasteiger partial charge < -0.3 is 5.73 Å². The molecule has 54 valence electrons. The summed E-state index contributed by atoms with van der Waals surface area (Å²) in [7, 11) is 0. The third-order valence-electron chi connectivity index (χ3n) is 1.40. The maximum Gasteiger partial charge on any atom is 0.0276 e. The molecule has 2 heteroatoms. The Kier molecular flexibility index (Phi) is 2.68. The topological polar surface area (TPSA) is 26.0 Å². The number of hydrogen-bond donors (Lipinski definition) is 1. The van der Waals surface area contributed by atoms with E-state index in [4.69, 9.17) is 5.73 Å². The Morgan fingerprint density at radius 3 is 2.40 bits per heavy atom. The molecule has 0 unspecified atom stereocenters. The first-order chi connectivity index (χ1) is 4.72. The molecule has 1 atom stereocenters. The lowest BCUT2D eigenvalue weighted by Crippen LogP contribution is -2.06. The lowest BCUT2D eigenvalue weighted by molar-refractivity contribution is 0.813. The molecule has 1 aromatic rings. The van der Waals surface area contributed by atoms with Crippen LogP contribution in [0.4, 0.5) is 0 Å². The van der Waals surface area contributed by atoms with Crippen molar-refractivity contribution in [1.82, 2.24) is 0 Å². The minimum absolute atomic E-state index is 0.146. The van der Waals surface area contributed by atoms with Crippen LogP contribution in [0.25, 0.3) is 0 Å². The van der Waals surface area contributed by atoms with Gasteiger partial charge in [-0.15, -0.1) is 0 Å². The minimum atomic E-state index is 0.146. The molecule has 0 radical (unpaired) electrons. The Morgan fingerprint density at radius 1 is 1.40 bits per heavy atom. The summed E-state index contributed by atoms with van der Waals surface area (Å²) in [5.74, 6) is 0. The zero-order chi connectivity index (χ0) is 7.56. The summed E-state index contributed by atoms with van der Waals surface area (Å²) in [5, 5.41) is 0. The van der Waals surface area contributed by atoms with E-state index < -0.39 is 0 Å². The molecule has 1 aromatic carbocycles. The van der Waals surface area contributed by atoms with E-state index in [-0.39, 0.29) is 6.04 Å². The standard InChI is InChI=1S/C8H10IN/c1-6(10)7-4-2-3-5-8(7)9/h2-6H,10H2,1H3/t6-/m0/s1. The van der Waals surface area contributed by atoms with Crippen LogP contribution in [0.3, 0.4) is 0 Å². The maximum absolute atomic E-state index is 5.71. The van der Waals surface area contributed by atoms with E-state index in [9.17, 15) is 0 Å². The van der Waals surface area contributed by atoms with Gasteiger partial charge in [-0.2, -0.15) is 0 Å². The molecule has 0 aromatic heterocycles. The van der Waals surface area contributed by atoms with E-state index >= 15 is 0 Å². The minimum Gasteiger partial charge on any atom is -0.324 e. The summed E-state index contributed by atoms with van der Waals surface area (Å²) in [6, 6.07) is 8.31. The number of hydrogen-bond acceptors (Lipinski definition) is 1. The molecule has 0 fully saturated rings. The average Bonchev–Trinajstić information content (AvgIpc) is 1.88. The van der Waals surface area contributed by atoms with Crippen molar-refractivity contribution >= 4 is 22.6 Å². The van der Waals surface area contributed by atoms with Crippen molar-refractivity contribution < 1.29 is 0 Å². The van der Waals surface area contributed by atoms with Crippen molar-refractivity contribution in [3.63, 3.8) is 0 Å². The van der Waals surface area contributed by atoms with Gasteiger partial charge in [0.1, 0.15) is 0 Å². The molecule has 0 aliphatic heterocycles. The molecule has 0 saturated carbocycles. The number of nitrogens with two attached hydrogens (primary N) is 1. The first kappa shape index (κ1) is 8.01. The van der Waals surface area contributed by atoms with Crippen LogP contribution in [0.2, 0.25) is 0 Å². The molecule has 0 heterocycles. The molecule has 1 rings (SSSR count). The lowest BCUT2D eigenvalue weighted by Gasteiger charge is -2.06. The van der Waals surface area contributed by atoms with Crippen LogP contribution >= 0.6 is 22.6 Å². The lowest BCUT2D eigenvalue weighted by atomic mass is 10.1. The van der Waals surface area contributed by atoms with Crippen molar-refractivity contribution in [1.29, 1.82) is 0 Å². The summed E-state index contributed by atoms with van der Waals surface area (Å²) in [5.41, 5.74) is 6.93. The van der Waals surface area contributed by atoms with Crippen molar-refractivity contribution in [2.45, 2.75) is 13.0 Å². The molecule has 0 amide bonds. The highest BCUT2D eigenvalue weighted by atomic mass is 127. The molecular weight excluding hydrogens is 237 g/mol. The second kappa shape index (κ2) is 3.34. The van der Waals surface area contributed by atoms with Gasteiger partial charge >= 0.3 is 0 Å². The van der Waals surface area contributed by atoms with Gasteiger partial charge in [0, 0.05) is 9.61 Å². The normalized spacial score (nSPS) is 13.1. The zero-order valence-electron chi connectivity index (χ0n) is 5.84. The predicted octanol–water partition coefficient (Wildman–Crippen LogP) is 2.31. The number of rotatable bonds is 1. The van der Waals surface area contributed by atoms with Gasteiger partial charge in [-0.25, -0.2) is 0 Å². The second-order valence-electron chi connectivity index (χ2n) is 2.31. The van der Waals surface area contributed by atoms with Gasteiger partial charge in [0.2, 0.25) is 0 Å². The van der Waals surface area contributed by atoms with Gasteiger partial charge in [0.15, 0.2) is 0 Å². The van der Waals surface area contributed by atoms with E-state index in [1.165, 1.54) is 9.13 Å². The van der Waals surface area contributed by atoms with Crippen LogP contribution < -0.4 is 5.73 Å². The summed E-state index contributed by atoms with van der Waals surface area (Å²) >= 11 is 2.30. The Morgan fingerprint density at radius 2 is 2.00 bits per heavy atom. The zero-order valence-corrected chi connectivity index (χ0v) is 8.00. The molecule has 0 bridgehead atoms. The van der Waals surface area contributed by atoms with E-state index in [0.29, 0.717) is 0 Å². The molecular formula is C8H10IN. The molecule has 0 aliphatic rings. The van der Waals surface area contributed by atoms with E-state index in [1.54, 1.807) is 0 Å². The third kappa shape index (κ3) is 1.70. The van der Waals surface area contributed by atoms with Crippen LogP contribution in [0.1, 0.15) is 18.5 Å². The molecule has 0 saturated heterocycles. The first-order valence-electron chi connectivity index (χ1n) is 3.22. The van der Waals surface area contributed by atoms with Gasteiger partial charge in [-0.3, -0.25) is 0 Å². The highest BCUT2D eigenvalue weighted by molar-refractivity contribution is 14.1. The smallest absolute Gasteiger partial charge is 0.0276 e. The maximum atomic E-state index is 5.71. The Balaban J connectivity index is 3.03. The molecule has 0 aliphatic carbocycles. The van der Waals surface area contributed by atoms with E-state index in [2.05, 4.69) is 34.7 Å². The Bertz CT molecular complexity index is 220. The quantitative estimate of drug-likeness (QED) is 0.757. The van der Waals surface area contributed by atoms with Crippen LogP contribution in [-0.4, -0.2) is 0 Å². The van der Waals surface area contributed by atoms with Gasteiger partial charge in [-0.05, 0) is 41.1 Å². The Hall–Kier alpha value is -0.0900.